The zero-order chi connectivity index (χ0) is 11.4. The highest BCUT2D eigenvalue weighted by molar-refractivity contribution is 4.87. The Morgan fingerprint density at radius 1 is 1.31 bits per heavy atom. The molecule has 1 unspecified atom stereocenters. The molecule has 94 valence electrons. The van der Waals surface area contributed by atoms with Gasteiger partial charge in [-0.3, -0.25) is 4.90 Å². The van der Waals surface area contributed by atoms with Gasteiger partial charge >= 0.3 is 0 Å². The molecule has 0 aliphatic carbocycles. The maximum Gasteiger partial charge on any atom is 0.0153 e. The zero-order valence-corrected chi connectivity index (χ0v) is 11.1. The Morgan fingerprint density at radius 2 is 2.19 bits per heavy atom. The quantitative estimate of drug-likeness (QED) is 0.790. The van der Waals surface area contributed by atoms with Crippen molar-refractivity contribution in [2.24, 2.45) is 5.92 Å². The van der Waals surface area contributed by atoms with Crippen LogP contribution in [0.3, 0.4) is 0 Å². The molecule has 0 radical (unpaired) electrons. The van der Waals surface area contributed by atoms with E-state index < -0.39 is 0 Å². The molecule has 0 aromatic rings. The lowest BCUT2D eigenvalue weighted by atomic mass is 9.94. The second kappa shape index (κ2) is 5.50. The monoisotopic (exact) mass is 224 g/mol. The van der Waals surface area contributed by atoms with Gasteiger partial charge in [0, 0.05) is 5.54 Å². The Hall–Kier alpha value is -0.0800. The third kappa shape index (κ3) is 3.21. The topological polar surface area (TPSA) is 15.3 Å². The second-order valence-corrected chi connectivity index (χ2v) is 6.26. The summed E-state index contributed by atoms with van der Waals surface area (Å²) in [4.78, 5) is 2.70. The van der Waals surface area contributed by atoms with Gasteiger partial charge in [-0.05, 0) is 84.5 Å². The first kappa shape index (κ1) is 12.4. The molecular weight excluding hydrogens is 196 g/mol. The minimum absolute atomic E-state index is 0.477. The summed E-state index contributed by atoms with van der Waals surface area (Å²) in [7, 11) is 0. The summed E-state index contributed by atoms with van der Waals surface area (Å²) in [6.07, 6.45) is 8.46. The number of rotatable bonds is 4. The van der Waals surface area contributed by atoms with Crippen LogP contribution in [0.4, 0.5) is 0 Å². The fourth-order valence-corrected chi connectivity index (χ4v) is 3.32. The van der Waals surface area contributed by atoms with Crippen molar-refractivity contribution in [1.82, 2.24) is 10.2 Å². The lowest BCUT2D eigenvalue weighted by molar-refractivity contribution is 0.167. The zero-order valence-electron chi connectivity index (χ0n) is 11.1. The molecule has 0 aromatic carbocycles. The van der Waals surface area contributed by atoms with Gasteiger partial charge in [0.05, 0.1) is 0 Å². The van der Waals surface area contributed by atoms with Crippen LogP contribution in [0, 0.1) is 5.92 Å². The van der Waals surface area contributed by atoms with Gasteiger partial charge in [-0.2, -0.15) is 0 Å². The highest BCUT2D eigenvalue weighted by Gasteiger charge is 2.31. The fraction of sp³-hybridized carbons (Fsp3) is 1.00. The highest BCUT2D eigenvalue weighted by atomic mass is 15.2. The van der Waals surface area contributed by atoms with Crippen molar-refractivity contribution < 1.29 is 0 Å². The average molecular weight is 224 g/mol. The lowest BCUT2D eigenvalue weighted by Gasteiger charge is -2.32. The Bertz CT molecular complexity index is 207. The molecule has 2 rings (SSSR count). The van der Waals surface area contributed by atoms with E-state index in [2.05, 4.69) is 24.1 Å². The van der Waals surface area contributed by atoms with E-state index in [-0.39, 0.29) is 0 Å². The van der Waals surface area contributed by atoms with Gasteiger partial charge in [0.2, 0.25) is 0 Å². The molecule has 2 fully saturated rings. The van der Waals surface area contributed by atoms with Crippen LogP contribution in [0.25, 0.3) is 0 Å². The van der Waals surface area contributed by atoms with E-state index in [1.54, 1.807) is 0 Å². The van der Waals surface area contributed by atoms with Crippen LogP contribution in [-0.2, 0) is 0 Å². The number of piperidine rings is 1. The van der Waals surface area contributed by atoms with Gasteiger partial charge < -0.3 is 5.32 Å². The third-order valence-corrected chi connectivity index (χ3v) is 4.51. The van der Waals surface area contributed by atoms with Crippen molar-refractivity contribution in [2.45, 2.75) is 57.9 Å². The lowest BCUT2D eigenvalue weighted by Crippen LogP contribution is -2.39. The molecule has 2 nitrogen and oxygen atoms in total. The van der Waals surface area contributed by atoms with E-state index in [1.165, 1.54) is 64.7 Å². The van der Waals surface area contributed by atoms with Crippen molar-refractivity contribution in [3.8, 4) is 0 Å². The van der Waals surface area contributed by atoms with Gasteiger partial charge in [-0.25, -0.2) is 0 Å². The Balaban J connectivity index is 1.63. The molecule has 2 aliphatic heterocycles. The smallest absolute Gasteiger partial charge is 0.0153 e. The summed E-state index contributed by atoms with van der Waals surface area (Å²) in [5.74, 6) is 0.958. The summed E-state index contributed by atoms with van der Waals surface area (Å²) in [6.45, 7) is 9.97. The van der Waals surface area contributed by atoms with Crippen LogP contribution in [0.5, 0.6) is 0 Å². The predicted molar refractivity (Wildman–Crippen MR) is 69.7 cm³/mol. The van der Waals surface area contributed by atoms with Crippen molar-refractivity contribution in [2.75, 3.05) is 26.2 Å². The Morgan fingerprint density at radius 3 is 2.81 bits per heavy atom. The minimum Gasteiger partial charge on any atom is -0.316 e. The summed E-state index contributed by atoms with van der Waals surface area (Å²) >= 11 is 0. The van der Waals surface area contributed by atoms with Crippen LogP contribution in [-0.4, -0.2) is 36.6 Å². The molecule has 1 atom stereocenters. The first-order valence-corrected chi connectivity index (χ1v) is 7.14. The first-order chi connectivity index (χ1) is 7.68. The number of hydrogen-bond donors (Lipinski definition) is 1. The summed E-state index contributed by atoms with van der Waals surface area (Å²) in [5, 5.41) is 3.52. The van der Waals surface area contributed by atoms with Crippen LogP contribution in [0.15, 0.2) is 0 Å². The van der Waals surface area contributed by atoms with Crippen LogP contribution in [0.2, 0.25) is 0 Å². The molecule has 0 saturated carbocycles. The molecule has 2 aliphatic rings. The van der Waals surface area contributed by atoms with Gasteiger partial charge in [-0.1, -0.05) is 0 Å². The predicted octanol–water partition coefficient (Wildman–Crippen LogP) is 2.64. The fourth-order valence-electron chi connectivity index (χ4n) is 3.32. The summed E-state index contributed by atoms with van der Waals surface area (Å²) < 4.78 is 0. The second-order valence-electron chi connectivity index (χ2n) is 6.26. The maximum absolute atomic E-state index is 3.52. The molecule has 0 spiro atoms. The van der Waals surface area contributed by atoms with Crippen LogP contribution < -0.4 is 5.32 Å². The Kier molecular flexibility index (Phi) is 4.26. The average Bonchev–Trinajstić information content (AvgIpc) is 2.60. The van der Waals surface area contributed by atoms with Gasteiger partial charge in [0.1, 0.15) is 0 Å². The Labute approximate surface area is 101 Å². The van der Waals surface area contributed by atoms with E-state index in [0.717, 1.165) is 5.92 Å². The van der Waals surface area contributed by atoms with E-state index in [0.29, 0.717) is 5.54 Å². The molecule has 1 N–H and O–H groups in total. The minimum atomic E-state index is 0.477. The normalized spacial score (nSPS) is 30.8. The van der Waals surface area contributed by atoms with Gasteiger partial charge in [0.25, 0.3) is 0 Å². The molecular formula is C14H28N2. The van der Waals surface area contributed by atoms with Crippen molar-refractivity contribution >= 4 is 0 Å². The largest absolute Gasteiger partial charge is 0.316 e. The van der Waals surface area contributed by atoms with Crippen molar-refractivity contribution in [3.05, 3.63) is 0 Å². The molecule has 0 aromatic heterocycles. The molecule has 0 bridgehead atoms. The number of nitrogens with one attached hydrogen (secondary N) is 1. The number of hydrogen-bond acceptors (Lipinski definition) is 2. The summed E-state index contributed by atoms with van der Waals surface area (Å²) in [6, 6.07) is 0. The van der Waals surface area contributed by atoms with E-state index >= 15 is 0 Å². The SMILES string of the molecule is CC1(C)CCCN1CCCC1CCCNC1. The number of nitrogens with zero attached hydrogens (tertiary/aromatic N) is 1. The van der Waals surface area contributed by atoms with Gasteiger partial charge in [0.15, 0.2) is 0 Å². The molecule has 16 heavy (non-hydrogen) atoms. The van der Waals surface area contributed by atoms with E-state index in [1.807, 2.05) is 0 Å². The molecule has 2 saturated heterocycles. The third-order valence-electron chi connectivity index (χ3n) is 4.51. The summed E-state index contributed by atoms with van der Waals surface area (Å²) in [5.41, 5.74) is 0.477. The highest BCUT2D eigenvalue weighted by Crippen LogP contribution is 2.28. The molecule has 0 amide bonds. The van der Waals surface area contributed by atoms with Crippen molar-refractivity contribution in [3.63, 3.8) is 0 Å². The molecule has 2 heteroatoms. The molecule has 2 heterocycles. The van der Waals surface area contributed by atoms with Crippen molar-refractivity contribution in [1.29, 1.82) is 0 Å². The van der Waals surface area contributed by atoms with Gasteiger partial charge in [-0.15, -0.1) is 0 Å². The maximum atomic E-state index is 3.52. The standard InChI is InChI=1S/C14H28N2/c1-14(2)8-5-11-16(14)10-4-7-13-6-3-9-15-12-13/h13,15H,3-12H2,1-2H3. The van der Waals surface area contributed by atoms with E-state index in [9.17, 15) is 0 Å². The first-order valence-electron chi connectivity index (χ1n) is 7.14. The number of likely N-dealkylation sites (tertiary alicyclic amines) is 1. The van der Waals surface area contributed by atoms with E-state index in [4.69, 9.17) is 0 Å². The van der Waals surface area contributed by atoms with Crippen LogP contribution >= 0.6 is 0 Å². The van der Waals surface area contributed by atoms with Crippen LogP contribution in [0.1, 0.15) is 52.4 Å².